The number of aliphatic imine (C=N–C) groups is 1. The van der Waals surface area contributed by atoms with Crippen molar-refractivity contribution in [2.75, 3.05) is 33.8 Å². The number of benzene rings is 1. The standard InChI is InChI=1S/C21H27N5O4/c1-13-8-10-25(11-9-13)20-22-18-17(19(28)23-21(29)24(18)2)26(20)12-16(27)14-4-6-15(30-3)7-5-14/h4-7,13,17-18H,8-12H2,1-3H3,(H,23,28,29). The number of rotatable bonds is 4. The van der Waals surface area contributed by atoms with Gasteiger partial charge in [-0.15, -0.1) is 0 Å². The second kappa shape index (κ2) is 7.97. The summed E-state index contributed by atoms with van der Waals surface area (Å²) < 4.78 is 5.16. The number of carbonyl (C=O) groups is 3. The van der Waals surface area contributed by atoms with Crippen LogP contribution in [-0.2, 0) is 4.79 Å². The minimum Gasteiger partial charge on any atom is -0.497 e. The van der Waals surface area contributed by atoms with E-state index in [0.29, 0.717) is 23.2 Å². The van der Waals surface area contributed by atoms with Crippen LogP contribution >= 0.6 is 0 Å². The number of urea groups is 1. The summed E-state index contributed by atoms with van der Waals surface area (Å²) in [6.07, 6.45) is 1.41. The Bertz CT molecular complexity index is 876. The van der Waals surface area contributed by atoms with Gasteiger partial charge in [0.2, 0.25) is 0 Å². The fourth-order valence-electron chi connectivity index (χ4n) is 4.18. The van der Waals surface area contributed by atoms with Crippen molar-refractivity contribution in [2.45, 2.75) is 32.0 Å². The summed E-state index contributed by atoms with van der Waals surface area (Å²) in [6.45, 7) is 3.85. The molecule has 1 N–H and O–H groups in total. The molecule has 160 valence electrons. The Morgan fingerprint density at radius 3 is 2.50 bits per heavy atom. The van der Waals surface area contributed by atoms with Crippen LogP contribution in [0.5, 0.6) is 5.75 Å². The van der Waals surface area contributed by atoms with Gasteiger partial charge in [-0.3, -0.25) is 14.9 Å². The van der Waals surface area contributed by atoms with Gasteiger partial charge in [-0.05, 0) is 43.0 Å². The Hall–Kier alpha value is -3.10. The number of imide groups is 1. The first-order chi connectivity index (χ1) is 14.4. The number of nitrogens with zero attached hydrogens (tertiary/aromatic N) is 4. The highest BCUT2D eigenvalue weighted by atomic mass is 16.5. The Kier molecular flexibility index (Phi) is 5.36. The summed E-state index contributed by atoms with van der Waals surface area (Å²) in [6, 6.07) is 5.71. The number of likely N-dealkylation sites (N-methyl/N-ethyl adjacent to an activating group) is 1. The van der Waals surface area contributed by atoms with Gasteiger partial charge in [0.25, 0.3) is 5.91 Å². The lowest BCUT2D eigenvalue weighted by Gasteiger charge is -2.39. The summed E-state index contributed by atoms with van der Waals surface area (Å²) in [5.74, 6) is 1.38. The van der Waals surface area contributed by atoms with E-state index < -0.39 is 24.1 Å². The van der Waals surface area contributed by atoms with E-state index in [2.05, 4.69) is 17.1 Å². The molecule has 30 heavy (non-hydrogen) atoms. The van der Waals surface area contributed by atoms with E-state index in [1.807, 2.05) is 0 Å². The highest BCUT2D eigenvalue weighted by molar-refractivity contribution is 6.06. The number of methoxy groups -OCH3 is 1. The lowest BCUT2D eigenvalue weighted by molar-refractivity contribution is -0.127. The Morgan fingerprint density at radius 2 is 1.87 bits per heavy atom. The van der Waals surface area contributed by atoms with Crippen molar-refractivity contribution < 1.29 is 19.1 Å². The quantitative estimate of drug-likeness (QED) is 0.745. The molecule has 1 aromatic rings. The van der Waals surface area contributed by atoms with Gasteiger partial charge in [0.05, 0.1) is 13.7 Å². The second-order valence-electron chi connectivity index (χ2n) is 8.14. The summed E-state index contributed by atoms with van der Waals surface area (Å²) in [7, 11) is 3.19. The van der Waals surface area contributed by atoms with Crippen molar-refractivity contribution in [3.8, 4) is 5.75 Å². The van der Waals surface area contributed by atoms with Crippen LogP contribution in [-0.4, -0.2) is 84.4 Å². The Labute approximate surface area is 175 Å². The van der Waals surface area contributed by atoms with E-state index >= 15 is 0 Å². The van der Waals surface area contributed by atoms with E-state index in [0.717, 1.165) is 25.9 Å². The van der Waals surface area contributed by atoms with Crippen LogP contribution < -0.4 is 10.1 Å². The van der Waals surface area contributed by atoms with Crippen molar-refractivity contribution in [3.63, 3.8) is 0 Å². The molecule has 0 spiro atoms. The van der Waals surface area contributed by atoms with E-state index in [1.165, 1.54) is 4.90 Å². The summed E-state index contributed by atoms with van der Waals surface area (Å²) in [4.78, 5) is 47.9. The molecule has 4 rings (SSSR count). The lowest BCUT2D eigenvalue weighted by atomic mass is 9.99. The van der Waals surface area contributed by atoms with Gasteiger partial charge in [-0.2, -0.15) is 0 Å². The molecule has 3 aliphatic rings. The molecule has 2 saturated heterocycles. The maximum Gasteiger partial charge on any atom is 0.325 e. The number of carbonyl (C=O) groups excluding carboxylic acids is 3. The summed E-state index contributed by atoms with van der Waals surface area (Å²) in [5.41, 5.74) is 0.534. The average molecular weight is 413 g/mol. The molecule has 1 aromatic carbocycles. The van der Waals surface area contributed by atoms with Gasteiger partial charge in [0.1, 0.15) is 5.75 Å². The minimum absolute atomic E-state index is 0.00777. The second-order valence-corrected chi connectivity index (χ2v) is 8.14. The van der Waals surface area contributed by atoms with Crippen molar-refractivity contribution in [3.05, 3.63) is 29.8 Å². The van der Waals surface area contributed by atoms with E-state index in [9.17, 15) is 14.4 Å². The van der Waals surface area contributed by atoms with Gasteiger partial charge < -0.3 is 19.4 Å². The van der Waals surface area contributed by atoms with Crippen molar-refractivity contribution >= 4 is 23.7 Å². The first kappa shape index (κ1) is 20.2. The normalized spacial score (nSPS) is 24.5. The Morgan fingerprint density at radius 1 is 1.20 bits per heavy atom. The van der Waals surface area contributed by atoms with E-state index in [4.69, 9.17) is 9.73 Å². The molecule has 2 fully saturated rings. The fourth-order valence-corrected chi connectivity index (χ4v) is 4.18. The highest BCUT2D eigenvalue weighted by Gasteiger charge is 2.50. The van der Waals surface area contributed by atoms with Crippen molar-refractivity contribution in [2.24, 2.45) is 10.9 Å². The topological polar surface area (TPSA) is 94.5 Å². The molecule has 0 aromatic heterocycles. The van der Waals surface area contributed by atoms with Crippen LogP contribution in [0, 0.1) is 5.92 Å². The van der Waals surface area contributed by atoms with Crippen molar-refractivity contribution in [1.82, 2.24) is 20.0 Å². The number of ketones is 1. The molecule has 2 atom stereocenters. The van der Waals surface area contributed by atoms with E-state index in [1.54, 1.807) is 43.3 Å². The summed E-state index contributed by atoms with van der Waals surface area (Å²) >= 11 is 0. The van der Waals surface area contributed by atoms with Crippen LogP contribution in [0.2, 0.25) is 0 Å². The van der Waals surface area contributed by atoms with Gasteiger partial charge in [0.15, 0.2) is 24.0 Å². The summed E-state index contributed by atoms with van der Waals surface area (Å²) in [5, 5.41) is 2.38. The molecular formula is C21H27N5O4. The molecule has 0 aliphatic carbocycles. The third kappa shape index (κ3) is 3.59. The van der Waals surface area contributed by atoms with E-state index in [-0.39, 0.29) is 12.3 Å². The third-order valence-electron chi connectivity index (χ3n) is 6.13. The van der Waals surface area contributed by atoms with Crippen LogP contribution in [0.4, 0.5) is 4.79 Å². The molecular weight excluding hydrogens is 386 g/mol. The largest absolute Gasteiger partial charge is 0.497 e. The van der Waals surface area contributed by atoms with Gasteiger partial charge in [-0.25, -0.2) is 9.79 Å². The number of hydrogen-bond donors (Lipinski definition) is 1. The van der Waals surface area contributed by atoms with Gasteiger partial charge in [0, 0.05) is 25.7 Å². The van der Waals surface area contributed by atoms with Crippen LogP contribution in [0.25, 0.3) is 0 Å². The molecule has 0 saturated carbocycles. The van der Waals surface area contributed by atoms with Crippen molar-refractivity contribution in [1.29, 1.82) is 0 Å². The highest BCUT2D eigenvalue weighted by Crippen LogP contribution is 2.28. The van der Waals surface area contributed by atoms with Gasteiger partial charge >= 0.3 is 6.03 Å². The number of nitrogens with one attached hydrogen (secondary N) is 1. The zero-order valence-corrected chi connectivity index (χ0v) is 17.5. The zero-order chi connectivity index (χ0) is 21.4. The molecule has 0 bridgehead atoms. The molecule has 3 amide bonds. The number of likely N-dealkylation sites (tertiary alicyclic amines) is 1. The van der Waals surface area contributed by atoms with Gasteiger partial charge in [-0.1, -0.05) is 6.92 Å². The molecule has 9 nitrogen and oxygen atoms in total. The Balaban J connectivity index is 1.61. The first-order valence-corrected chi connectivity index (χ1v) is 10.2. The predicted molar refractivity (Wildman–Crippen MR) is 110 cm³/mol. The zero-order valence-electron chi connectivity index (χ0n) is 17.5. The monoisotopic (exact) mass is 413 g/mol. The molecule has 2 unspecified atom stereocenters. The predicted octanol–water partition coefficient (Wildman–Crippen LogP) is 1.16. The maximum atomic E-state index is 13.0. The number of hydrogen-bond acceptors (Lipinski definition) is 7. The molecule has 3 aliphatic heterocycles. The molecule has 9 heteroatoms. The first-order valence-electron chi connectivity index (χ1n) is 10.2. The smallest absolute Gasteiger partial charge is 0.325 e. The third-order valence-corrected chi connectivity index (χ3v) is 6.13. The van der Waals surface area contributed by atoms with Crippen LogP contribution in [0.15, 0.2) is 29.3 Å². The number of ether oxygens (including phenoxy) is 1. The average Bonchev–Trinajstić information content (AvgIpc) is 3.12. The van der Waals surface area contributed by atoms with Crippen LogP contribution in [0.1, 0.15) is 30.1 Å². The number of fused-ring (bicyclic) bond motifs is 1. The minimum atomic E-state index is -0.718. The SMILES string of the molecule is COc1ccc(C(=O)CN2C(N3CCC(C)CC3)=NC3C2C(=O)NC(=O)N3C)cc1. The number of Topliss-reactive ketones (excluding diaryl/α,β-unsaturated/α-hetero) is 1. The van der Waals surface area contributed by atoms with Crippen LogP contribution in [0.3, 0.4) is 0 Å². The molecule has 3 heterocycles. The number of guanidine groups is 1. The fraction of sp³-hybridized carbons (Fsp3) is 0.524. The molecule has 0 radical (unpaired) electrons. The number of amides is 3. The number of piperidine rings is 1. The maximum absolute atomic E-state index is 13.0. The lowest BCUT2D eigenvalue weighted by Crippen LogP contribution is -2.64.